The van der Waals surface area contributed by atoms with E-state index < -0.39 is 82.1 Å². The number of carbonyl (C=O) groups excluding carboxylic acids is 1. The van der Waals surface area contributed by atoms with Crippen LogP contribution in [0.3, 0.4) is 0 Å². The summed E-state index contributed by atoms with van der Waals surface area (Å²) in [7, 11) is 0.561. The van der Waals surface area contributed by atoms with Crippen molar-refractivity contribution >= 4 is 23.5 Å². The minimum Gasteiger partial charge on any atom is -0.478 e. The second-order valence-electron chi connectivity index (χ2n) is 7.45. The quantitative estimate of drug-likeness (QED) is 0.154. The van der Waals surface area contributed by atoms with Gasteiger partial charge in [-0.15, -0.1) is 0 Å². The summed E-state index contributed by atoms with van der Waals surface area (Å²) >= 11 is 4.29. The fourth-order valence-electron chi connectivity index (χ4n) is 2.49. The molecule has 24 heteroatoms. The molecule has 1 N–H and O–H groups in total. The highest BCUT2D eigenvalue weighted by atomic mass is 35.5. The number of methoxy groups -OCH3 is 1. The molecule has 0 spiro atoms. The maximum atomic E-state index is 14.5. The van der Waals surface area contributed by atoms with E-state index in [0.717, 1.165) is 0 Å². The van der Waals surface area contributed by atoms with Crippen molar-refractivity contribution < 1.29 is 104 Å². The van der Waals surface area contributed by atoms with Crippen LogP contribution in [-0.2, 0) is 14.2 Å². The molecule has 0 aliphatic rings. The zero-order chi connectivity index (χ0) is 33.7. The van der Waals surface area contributed by atoms with Gasteiger partial charge in [-0.3, -0.25) is 9.47 Å². The molecule has 42 heavy (non-hydrogen) atoms. The molecule has 1 rings (SSSR count). The Kier molecular flexibility index (Phi) is 9.67. The molecule has 242 valence electrons. The Morgan fingerprint density at radius 1 is 0.714 bits per heavy atom. The Morgan fingerprint density at radius 2 is 1.17 bits per heavy atom. The van der Waals surface area contributed by atoms with E-state index in [2.05, 4.69) is 25.8 Å². The van der Waals surface area contributed by atoms with Crippen molar-refractivity contribution in [2.75, 3.05) is 7.11 Å². The molecule has 0 saturated heterocycles. The molecule has 0 radical (unpaired) electrons. The first-order valence-corrected chi connectivity index (χ1v) is 9.97. The number of aromatic carboxylic acids is 1. The maximum absolute atomic E-state index is 14.5. The van der Waals surface area contributed by atoms with Gasteiger partial charge in [0.05, 0.1) is 12.7 Å². The summed E-state index contributed by atoms with van der Waals surface area (Å²) in [6.45, 7) is 0.526. The van der Waals surface area contributed by atoms with Gasteiger partial charge in [-0.25, -0.2) is 9.59 Å². The normalized spacial score (nSPS) is 16.8. The van der Waals surface area contributed by atoms with Gasteiger partial charge in [0.2, 0.25) is 0 Å². The van der Waals surface area contributed by atoms with Crippen LogP contribution < -0.4 is 4.74 Å². The van der Waals surface area contributed by atoms with Crippen LogP contribution in [0.25, 0.3) is 0 Å². The fourth-order valence-corrected chi connectivity index (χ4v) is 2.62. The number of carbonyl (C=O) groups is 2. The van der Waals surface area contributed by atoms with E-state index in [-0.39, 0.29) is 0 Å². The molecule has 0 bridgehead atoms. The summed E-state index contributed by atoms with van der Waals surface area (Å²) in [6, 6.07) is 0.836. The van der Waals surface area contributed by atoms with E-state index >= 15 is 0 Å². The van der Waals surface area contributed by atoms with Crippen LogP contribution in [0.5, 0.6) is 5.75 Å². The van der Waals surface area contributed by atoms with Crippen LogP contribution in [0, 0.1) is 6.92 Å². The van der Waals surface area contributed by atoms with Crippen molar-refractivity contribution in [1.82, 2.24) is 0 Å². The Labute approximate surface area is 224 Å². The molecular weight excluding hydrogens is 668 g/mol. The van der Waals surface area contributed by atoms with Crippen molar-refractivity contribution in [2.24, 2.45) is 0 Å². The van der Waals surface area contributed by atoms with E-state index in [1.807, 2.05) is 0 Å². The van der Waals surface area contributed by atoms with Crippen LogP contribution in [-0.4, -0.2) is 71.9 Å². The van der Waals surface area contributed by atoms with Gasteiger partial charge in [-0.2, -0.15) is 70.2 Å². The van der Waals surface area contributed by atoms with E-state index in [9.17, 15) is 79.8 Å². The van der Waals surface area contributed by atoms with Crippen LogP contribution in [0.15, 0.2) is 12.1 Å². The SMILES string of the molecule is COC(=O)c1ccc(C(=O)O)c(C)c1OC(F)(F)C(F)(Cl)OC(F)(F)C(F)(OC(F)(F)C(F)(F)C(F)(F)F)C(F)(F)F. The second kappa shape index (κ2) is 11.0. The molecule has 0 amide bonds. The largest absolute Gasteiger partial charge is 0.478 e. The zero-order valence-corrected chi connectivity index (χ0v) is 20.2. The molecule has 7 nitrogen and oxygen atoms in total. The lowest BCUT2D eigenvalue weighted by molar-refractivity contribution is -0.547. The minimum absolute atomic E-state index is 0.324. The maximum Gasteiger partial charge on any atom is 0.476 e. The van der Waals surface area contributed by atoms with Gasteiger partial charge in [0.15, 0.2) is 0 Å². The highest BCUT2D eigenvalue weighted by molar-refractivity contribution is 6.22. The number of hydrogen-bond donors (Lipinski definition) is 1. The first-order chi connectivity index (χ1) is 18.3. The average molecular weight is 677 g/mol. The van der Waals surface area contributed by atoms with Crippen LogP contribution in [0.2, 0.25) is 0 Å². The van der Waals surface area contributed by atoms with E-state index in [4.69, 9.17) is 5.11 Å². The lowest BCUT2D eigenvalue weighted by atomic mass is 10.0. The lowest BCUT2D eigenvalue weighted by Gasteiger charge is -2.40. The molecule has 0 aliphatic carbocycles. The van der Waals surface area contributed by atoms with Crippen LogP contribution in [0.4, 0.5) is 70.2 Å². The van der Waals surface area contributed by atoms with Gasteiger partial charge in [-0.05, 0) is 30.7 Å². The third-order valence-corrected chi connectivity index (χ3v) is 4.89. The Hall–Kier alpha value is -2.95. The number of carboxylic acids is 1. The third kappa shape index (κ3) is 6.50. The van der Waals surface area contributed by atoms with E-state index in [1.165, 1.54) is 4.74 Å². The Morgan fingerprint density at radius 3 is 1.55 bits per heavy atom. The molecule has 1 aromatic rings. The van der Waals surface area contributed by atoms with Crippen LogP contribution in [0.1, 0.15) is 26.3 Å². The summed E-state index contributed by atoms with van der Waals surface area (Å²) < 4.78 is 225. The van der Waals surface area contributed by atoms with Gasteiger partial charge >= 0.3 is 59.7 Å². The van der Waals surface area contributed by atoms with Crippen molar-refractivity contribution in [1.29, 1.82) is 0 Å². The molecular formula is C18H9ClF16O7. The van der Waals surface area contributed by atoms with Crippen molar-refractivity contribution in [3.8, 4) is 5.75 Å². The van der Waals surface area contributed by atoms with E-state index in [1.54, 1.807) is 0 Å². The van der Waals surface area contributed by atoms with Gasteiger partial charge in [0.25, 0.3) is 0 Å². The number of ether oxygens (including phenoxy) is 4. The summed E-state index contributed by atoms with van der Waals surface area (Å²) in [5.41, 5.74) is -3.44. The molecule has 2 atom stereocenters. The number of alkyl halides is 17. The molecule has 1 aromatic carbocycles. The monoisotopic (exact) mass is 676 g/mol. The topological polar surface area (TPSA) is 91.3 Å². The first kappa shape index (κ1) is 37.1. The Bertz CT molecular complexity index is 1200. The Balaban J connectivity index is 3.70. The van der Waals surface area contributed by atoms with Gasteiger partial charge < -0.3 is 14.6 Å². The van der Waals surface area contributed by atoms with Crippen molar-refractivity contribution in [3.05, 3.63) is 28.8 Å². The van der Waals surface area contributed by atoms with E-state index in [0.29, 0.717) is 26.2 Å². The first-order valence-electron chi connectivity index (χ1n) is 9.59. The molecule has 0 saturated carbocycles. The van der Waals surface area contributed by atoms with Gasteiger partial charge in [-0.1, -0.05) is 0 Å². The molecule has 0 aliphatic heterocycles. The number of halogens is 17. The highest BCUT2D eigenvalue weighted by Gasteiger charge is 2.85. The lowest BCUT2D eigenvalue weighted by Crippen LogP contribution is -2.67. The zero-order valence-electron chi connectivity index (χ0n) is 19.5. The number of hydrogen-bond acceptors (Lipinski definition) is 6. The van der Waals surface area contributed by atoms with Gasteiger partial charge in [0, 0.05) is 5.56 Å². The summed E-state index contributed by atoms with van der Waals surface area (Å²) in [5.74, 6) is -21.4. The predicted octanol–water partition coefficient (Wildman–Crippen LogP) is 6.96. The molecule has 2 unspecified atom stereocenters. The third-order valence-electron chi connectivity index (χ3n) is 4.60. The second-order valence-corrected chi connectivity index (χ2v) is 7.94. The fraction of sp³-hybridized carbons (Fsp3) is 0.556. The summed E-state index contributed by atoms with van der Waals surface area (Å²) in [5, 5.41) is 2.57. The average Bonchev–Trinajstić information content (AvgIpc) is 2.76. The number of benzene rings is 1. The number of rotatable bonds is 11. The minimum atomic E-state index is -8.00. The summed E-state index contributed by atoms with van der Waals surface area (Å²) in [6.07, 6.45) is -37.7. The molecule has 0 fully saturated rings. The predicted molar refractivity (Wildman–Crippen MR) is 97.7 cm³/mol. The smallest absolute Gasteiger partial charge is 0.476 e. The van der Waals surface area contributed by atoms with Crippen molar-refractivity contribution in [3.63, 3.8) is 0 Å². The van der Waals surface area contributed by atoms with Gasteiger partial charge in [0.1, 0.15) is 11.3 Å². The standard InChI is InChI=1S/C18H9ClF16O7/c1-5-6(9(36)37)3-4-7(10(38)39-2)8(5)40-18(34,35)13(19,23)42-17(32,33)12(22,15(27,28)29)41-16(30,31)11(20,21)14(24,25)26/h3-4H,1-2H3,(H,36,37). The molecule has 0 aromatic heterocycles. The highest BCUT2D eigenvalue weighted by Crippen LogP contribution is 2.57. The number of carboxylic acid groups (broad SMARTS) is 1. The number of esters is 1. The van der Waals surface area contributed by atoms with Crippen LogP contribution >= 0.6 is 11.6 Å². The molecule has 0 heterocycles. The summed E-state index contributed by atoms with van der Waals surface area (Å²) in [4.78, 5) is 23.0. The van der Waals surface area contributed by atoms with Crippen molar-refractivity contribution in [2.45, 2.75) is 54.7 Å².